The number of azide groups is 1. The van der Waals surface area contributed by atoms with E-state index in [9.17, 15) is 19.2 Å². The molecule has 0 radical (unpaired) electrons. The number of rotatable bonds is 35. The number of H-pyrrole nitrogens is 1. The van der Waals surface area contributed by atoms with Gasteiger partial charge >= 0.3 is 0 Å². The van der Waals surface area contributed by atoms with Crippen molar-refractivity contribution in [2.75, 3.05) is 45.4 Å². The number of carbonyl (C=O) groups is 4. The van der Waals surface area contributed by atoms with Gasteiger partial charge in [0.15, 0.2) is 45.7 Å². The fourth-order valence-electron chi connectivity index (χ4n) is 16.2. The molecule has 0 aliphatic heterocycles. The number of hydrogen-bond acceptors (Lipinski definition) is 18. The van der Waals surface area contributed by atoms with Gasteiger partial charge in [0.05, 0.1) is 69.8 Å². The maximum atomic E-state index is 13.4. The Kier molecular flexibility index (Phi) is 32.6. The van der Waals surface area contributed by atoms with Gasteiger partial charge in [0, 0.05) is 239 Å². The van der Waals surface area contributed by atoms with Crippen LogP contribution in [0.15, 0.2) is 177 Å². The molecule has 0 aliphatic rings. The molecule has 12 aromatic heterocycles. The predicted molar refractivity (Wildman–Crippen MR) is 576 cm³/mol. The molecule has 12 heterocycles. The van der Waals surface area contributed by atoms with E-state index in [4.69, 9.17) is 81.7 Å². The van der Waals surface area contributed by atoms with Gasteiger partial charge in [-0.15, -0.1) is 11.6 Å². The lowest BCUT2D eigenvalue weighted by Crippen LogP contribution is -2.22. The van der Waals surface area contributed by atoms with E-state index in [-0.39, 0.29) is 23.1 Å². The molecule has 16 aromatic rings. The van der Waals surface area contributed by atoms with E-state index in [2.05, 4.69) is 150 Å². The first kappa shape index (κ1) is 105. The first-order valence-electron chi connectivity index (χ1n) is 48.0. The van der Waals surface area contributed by atoms with Gasteiger partial charge in [-0.25, -0.2) is 39.9 Å². The number of aromatic nitrogens is 16. The minimum Gasteiger partial charge on any atom is -0.361 e. The second-order valence-corrected chi connectivity index (χ2v) is 67.8. The van der Waals surface area contributed by atoms with E-state index in [0.717, 1.165) is 114 Å². The Balaban J connectivity index is 0.000000156. The highest BCUT2D eigenvalue weighted by Crippen LogP contribution is 2.40. The van der Waals surface area contributed by atoms with Crippen LogP contribution in [0.1, 0.15) is 125 Å². The van der Waals surface area contributed by atoms with Crippen LogP contribution >= 0.6 is 11.6 Å². The predicted octanol–water partition coefficient (Wildman–Crippen LogP) is 25.4. The van der Waals surface area contributed by atoms with Crippen LogP contribution in [0.2, 0.25) is 103 Å². The fourth-order valence-corrected chi connectivity index (χ4v) is 19.4. The monoisotopic (exact) mass is 1970 g/mol. The average molecular weight is 1970 g/mol. The third kappa shape index (κ3) is 25.6. The van der Waals surface area contributed by atoms with Gasteiger partial charge in [-0.05, 0) is 54.0 Å². The Morgan fingerprint density at radius 3 is 0.935 bits per heavy atom. The number of ketones is 4. The van der Waals surface area contributed by atoms with E-state index < -0.39 is 54.0 Å². The number of carbonyl (C=O) groups excluding carboxylic acids is 4. The molecule has 734 valence electrons. The number of nitrogens with zero attached hydrogens (tertiary/aromatic N) is 18. The van der Waals surface area contributed by atoms with Crippen LogP contribution in [0, 0.1) is 21.7 Å². The number of hydrogen-bond donors (Lipinski definition) is 2. The van der Waals surface area contributed by atoms with Gasteiger partial charge < -0.3 is 61.6 Å². The summed E-state index contributed by atoms with van der Waals surface area (Å²) in [5.74, 6) is 0.670. The molecule has 0 spiro atoms. The lowest BCUT2D eigenvalue weighted by Gasteiger charge is -2.16. The number of ether oxygens (including phenoxy) is 4. The van der Waals surface area contributed by atoms with E-state index >= 15 is 0 Å². The Morgan fingerprint density at radius 2 is 0.655 bits per heavy atom. The average Bonchev–Trinajstić information content (AvgIpc) is 1.61. The standard InChI is InChI=1S/C27H35ClN4O2Si.C27H35N7O2Si.C27H37N5O2Si.C25H32N4O2Si/c1-27(2,3)25(33)21-17-32(18-34-13-14-35(4,5)6)26-24(21)30-22(15-29-26)20-16-31(12-11-28)23-10-8-7-9-19(20)23;1-27(2,3)25(35)21-17-34(18-36-13-14-37(4,5)6)26-24(21)31-22(15-29-26)20-16-33(12-11-30-32-28)23-10-8-7-9-19(20)23;1-27(2,3)25(33)21-17-32(18-34-13-14-35(4,5)6)26-24(21)30-22(15-29-26)20-16-31(12-11-28)23-10-8-7-9-19(20)23;1-25(2,3)23(30)19-15-29(16-31-11-12-32(4,5)6)24-22(19)28-21(14-27-24)18-13-26-20-10-8-7-9-17(18)20/h7-10,15-17H,11-14,18H2,1-6H3;7-10,15-17H,11-14,18H2,1-6H3;7-10,15-17H,11-14,18,28H2,1-6H3;7-10,13-15,26H,11-12,16H2,1-6H3. The molecule has 3 N–H and O–H groups in total. The molecular weight excluding hydrogens is 1830 g/mol. The summed E-state index contributed by atoms with van der Waals surface area (Å²) in [6.07, 6.45) is 22.6. The molecule has 0 atom stereocenters. The van der Waals surface area contributed by atoms with Crippen LogP contribution in [-0.4, -0.2) is 178 Å². The second-order valence-electron chi connectivity index (χ2n) is 44.9. The molecule has 0 saturated heterocycles. The fraction of sp³-hybridized carbons (Fsp3) is 0.434. The molecular formula is C106H139ClN20O8Si4. The maximum absolute atomic E-state index is 13.4. The van der Waals surface area contributed by atoms with Crippen molar-refractivity contribution < 1.29 is 38.1 Å². The Labute approximate surface area is 824 Å². The van der Waals surface area contributed by atoms with Crippen molar-refractivity contribution in [2.24, 2.45) is 32.5 Å². The molecule has 0 unspecified atom stereocenters. The number of alkyl halides is 1. The van der Waals surface area contributed by atoms with Crippen LogP contribution in [0.5, 0.6) is 0 Å². The largest absolute Gasteiger partial charge is 0.361 e. The zero-order chi connectivity index (χ0) is 101. The summed E-state index contributed by atoms with van der Waals surface area (Å²) in [6.45, 7) is 58.1. The zero-order valence-corrected chi connectivity index (χ0v) is 90.4. The topological polar surface area (TPSA) is 333 Å². The lowest BCUT2D eigenvalue weighted by molar-refractivity contribution is 0.0842. The quantitative estimate of drug-likeness (QED) is 0.00709. The van der Waals surface area contributed by atoms with Gasteiger partial charge in [0.25, 0.3) is 0 Å². The van der Waals surface area contributed by atoms with Gasteiger partial charge in [0.1, 0.15) is 49.0 Å². The molecule has 0 fully saturated rings. The minimum absolute atomic E-state index is 0.0154. The molecule has 16 rings (SSSR count). The summed E-state index contributed by atoms with van der Waals surface area (Å²) >= 11 is 6.05. The lowest BCUT2D eigenvalue weighted by atomic mass is 9.87. The summed E-state index contributed by atoms with van der Waals surface area (Å²) in [5.41, 5.74) is 30.8. The molecule has 28 nitrogen and oxygen atoms in total. The van der Waals surface area contributed by atoms with E-state index in [1.165, 1.54) is 0 Å². The van der Waals surface area contributed by atoms with Crippen LogP contribution in [0.4, 0.5) is 0 Å². The van der Waals surface area contributed by atoms with E-state index in [0.29, 0.717) is 158 Å². The Hall–Kier alpha value is -11.5. The number of para-hydroxylation sites is 4. The van der Waals surface area contributed by atoms with Gasteiger partial charge in [-0.3, -0.25) is 19.2 Å². The molecule has 0 bridgehead atoms. The van der Waals surface area contributed by atoms with Crippen LogP contribution in [0.25, 0.3) is 144 Å². The van der Waals surface area contributed by atoms with E-state index in [1.807, 2.05) is 205 Å². The summed E-state index contributed by atoms with van der Waals surface area (Å²) in [5, 5.41) is 7.96. The molecule has 33 heteroatoms. The van der Waals surface area contributed by atoms with Crippen molar-refractivity contribution in [1.29, 1.82) is 0 Å². The summed E-state index contributed by atoms with van der Waals surface area (Å²) in [4.78, 5) is 98.5. The molecule has 4 aromatic carbocycles. The van der Waals surface area contributed by atoms with E-state index in [1.54, 1.807) is 24.8 Å². The van der Waals surface area contributed by atoms with Gasteiger partial charge in [-0.1, -0.05) is 240 Å². The smallest absolute Gasteiger partial charge is 0.171 e. The van der Waals surface area contributed by atoms with Gasteiger partial charge in [-0.2, -0.15) is 0 Å². The Bertz CT molecular complexity index is 6960. The molecule has 0 amide bonds. The van der Waals surface area contributed by atoms with Crippen molar-refractivity contribution in [3.05, 3.63) is 204 Å². The molecule has 0 saturated carbocycles. The molecule has 0 aliphatic carbocycles. The van der Waals surface area contributed by atoms with Crippen molar-refractivity contribution in [2.45, 2.75) is 232 Å². The van der Waals surface area contributed by atoms with Crippen molar-refractivity contribution in [3.63, 3.8) is 0 Å². The van der Waals surface area contributed by atoms with Crippen molar-refractivity contribution in [1.82, 2.24) is 76.8 Å². The highest BCUT2D eigenvalue weighted by atomic mass is 35.5. The number of nitrogens with one attached hydrogen (secondary N) is 1. The summed E-state index contributed by atoms with van der Waals surface area (Å²) in [6, 6.07) is 36.9. The van der Waals surface area contributed by atoms with Crippen molar-refractivity contribution in [3.8, 4) is 45.0 Å². The number of halogens is 1. The summed E-state index contributed by atoms with van der Waals surface area (Å²) < 4.78 is 37.9. The normalized spacial score (nSPS) is 12.6. The third-order valence-electron chi connectivity index (χ3n) is 24.1. The maximum Gasteiger partial charge on any atom is 0.171 e. The SMILES string of the molecule is CC(C)(C)C(=O)c1cn(COCC[Si](C)(C)C)c2ncc(-c3c[nH]c4ccccc34)nc12.CC(C)(C)C(=O)c1cn(COCC[Si](C)(C)C)c2ncc(-c3cn(CCCl)c4ccccc34)nc12.CC(C)(C)C(=O)c1cn(COCC[Si](C)(C)C)c2ncc(-c3cn(CCN)c4ccccc34)nc12.CC(C)(C)C(=O)c1cn(COCC[Si](C)(C)C)c2ncc(-c3cn(CCN=[N+]=[N-])c4ccccc34)nc12. The highest BCUT2D eigenvalue weighted by Gasteiger charge is 2.34. The number of aromatic amines is 1. The first-order chi connectivity index (χ1) is 65.5. The second kappa shape index (κ2) is 43.3. The summed E-state index contributed by atoms with van der Waals surface area (Å²) in [7, 11) is -4.74. The van der Waals surface area contributed by atoms with Crippen LogP contribution < -0.4 is 5.73 Å². The number of Topliss-reactive ketones (excluding diaryl/α,β-unsaturated/α-hetero) is 4. The number of aryl methyl sites for hydroxylation is 1. The molecule has 139 heavy (non-hydrogen) atoms. The zero-order valence-electron chi connectivity index (χ0n) is 85.7. The Morgan fingerprint density at radius 1 is 0.381 bits per heavy atom. The number of fused-ring (bicyclic) bond motifs is 8. The first-order valence-corrected chi connectivity index (χ1v) is 63.4. The van der Waals surface area contributed by atoms with Crippen molar-refractivity contribution >= 4 is 155 Å². The minimum atomic E-state index is -1.20. The number of nitrogens with two attached hydrogens (primary N) is 1. The van der Waals surface area contributed by atoms with Gasteiger partial charge in [0.2, 0.25) is 0 Å². The van der Waals surface area contributed by atoms with Crippen LogP contribution in [0.3, 0.4) is 0 Å². The van der Waals surface area contributed by atoms with Crippen LogP contribution in [-0.2, 0) is 65.5 Å². The highest BCUT2D eigenvalue weighted by molar-refractivity contribution is 6.77. The number of benzene rings is 4. The third-order valence-corrected chi connectivity index (χ3v) is 31.1.